The van der Waals surface area contributed by atoms with Crippen LogP contribution in [0.25, 0.3) is 0 Å². The second-order valence-electron chi connectivity index (χ2n) is 4.21. The normalized spacial score (nSPS) is 19.2. The first kappa shape index (κ1) is 12.3. The number of hydrogen-bond donors (Lipinski definition) is 2. The topological polar surface area (TPSA) is 60.2 Å². The van der Waals surface area contributed by atoms with E-state index in [2.05, 4.69) is 10.3 Å². The van der Waals surface area contributed by atoms with E-state index in [4.69, 9.17) is 22.7 Å². The Labute approximate surface area is 107 Å². The number of anilines is 1. The maximum Gasteiger partial charge on any atom is 0.136 e. The average Bonchev–Trinajstić information content (AvgIpc) is 2.82. The molecule has 1 atom stereocenters. The summed E-state index contributed by atoms with van der Waals surface area (Å²) < 4.78 is 5.34. The number of nitrogens with two attached hydrogens (primary N) is 1. The minimum Gasteiger partial charge on any atom is -0.389 e. The fraction of sp³-hybridized carbons (Fsp3) is 0.500. The molecule has 1 saturated heterocycles. The summed E-state index contributed by atoms with van der Waals surface area (Å²) in [6, 6.07) is 3.72. The summed E-state index contributed by atoms with van der Waals surface area (Å²) in [6.07, 6.45) is 3.99. The Morgan fingerprint density at radius 3 is 3.24 bits per heavy atom. The van der Waals surface area contributed by atoms with Gasteiger partial charge in [0, 0.05) is 26.0 Å². The molecule has 0 amide bonds. The maximum atomic E-state index is 5.64. The molecule has 92 valence electrons. The van der Waals surface area contributed by atoms with Crippen LogP contribution in [0.15, 0.2) is 18.3 Å². The predicted octanol–water partition coefficient (Wildman–Crippen LogP) is 1.55. The van der Waals surface area contributed by atoms with E-state index in [9.17, 15) is 0 Å². The lowest BCUT2D eigenvalue weighted by molar-refractivity contribution is 0.185. The Hall–Kier alpha value is -1.20. The van der Waals surface area contributed by atoms with Crippen molar-refractivity contribution in [1.29, 1.82) is 0 Å². The minimum atomic E-state index is 0.379. The summed E-state index contributed by atoms with van der Waals surface area (Å²) in [5.41, 5.74) is 6.45. The molecule has 1 aromatic heterocycles. The molecule has 0 aliphatic carbocycles. The minimum absolute atomic E-state index is 0.379. The van der Waals surface area contributed by atoms with Crippen molar-refractivity contribution in [2.75, 3.05) is 25.1 Å². The van der Waals surface area contributed by atoms with Crippen LogP contribution in [0.3, 0.4) is 0 Å². The number of aromatic nitrogens is 1. The molecule has 17 heavy (non-hydrogen) atoms. The van der Waals surface area contributed by atoms with Gasteiger partial charge in [-0.15, -0.1) is 0 Å². The molecule has 1 aliphatic heterocycles. The van der Waals surface area contributed by atoms with E-state index in [0.29, 0.717) is 10.9 Å². The first-order valence-corrected chi connectivity index (χ1v) is 6.24. The van der Waals surface area contributed by atoms with Crippen LogP contribution in [-0.2, 0) is 4.74 Å². The lowest BCUT2D eigenvalue weighted by Crippen LogP contribution is -2.16. The van der Waals surface area contributed by atoms with E-state index in [1.807, 2.05) is 12.1 Å². The predicted molar refractivity (Wildman–Crippen MR) is 72.2 cm³/mol. The summed E-state index contributed by atoms with van der Waals surface area (Å²) in [5, 5.41) is 3.29. The van der Waals surface area contributed by atoms with E-state index in [0.717, 1.165) is 44.0 Å². The lowest BCUT2D eigenvalue weighted by Gasteiger charge is -2.11. The van der Waals surface area contributed by atoms with Gasteiger partial charge >= 0.3 is 0 Å². The second-order valence-corrected chi connectivity index (χ2v) is 4.65. The molecule has 0 saturated carbocycles. The van der Waals surface area contributed by atoms with Crippen molar-refractivity contribution in [3.63, 3.8) is 0 Å². The van der Waals surface area contributed by atoms with Crippen molar-refractivity contribution >= 4 is 23.0 Å². The van der Waals surface area contributed by atoms with Gasteiger partial charge in [0.15, 0.2) is 0 Å². The van der Waals surface area contributed by atoms with Crippen LogP contribution in [0.4, 0.5) is 5.82 Å². The highest BCUT2D eigenvalue weighted by atomic mass is 32.1. The van der Waals surface area contributed by atoms with Crippen LogP contribution >= 0.6 is 12.2 Å². The summed E-state index contributed by atoms with van der Waals surface area (Å²) in [7, 11) is 0. The molecule has 4 nitrogen and oxygen atoms in total. The third-order valence-corrected chi connectivity index (χ3v) is 3.16. The van der Waals surface area contributed by atoms with Gasteiger partial charge in [0.1, 0.15) is 10.8 Å². The molecule has 0 bridgehead atoms. The molecule has 0 radical (unpaired) electrons. The van der Waals surface area contributed by atoms with E-state index < -0.39 is 0 Å². The Morgan fingerprint density at radius 2 is 2.53 bits per heavy atom. The first-order valence-electron chi connectivity index (χ1n) is 5.84. The Kier molecular flexibility index (Phi) is 4.28. The van der Waals surface area contributed by atoms with Gasteiger partial charge in [-0.05, 0) is 30.9 Å². The van der Waals surface area contributed by atoms with E-state index in [1.54, 1.807) is 6.20 Å². The van der Waals surface area contributed by atoms with Gasteiger partial charge in [-0.2, -0.15) is 0 Å². The number of nitrogens with zero attached hydrogens (tertiary/aromatic N) is 1. The summed E-state index contributed by atoms with van der Waals surface area (Å²) in [4.78, 5) is 4.63. The maximum absolute atomic E-state index is 5.64. The van der Waals surface area contributed by atoms with Crippen molar-refractivity contribution < 1.29 is 4.74 Å². The molecule has 0 spiro atoms. The number of thiocarbonyl (C=S) groups is 1. The zero-order chi connectivity index (χ0) is 12.1. The van der Waals surface area contributed by atoms with Crippen LogP contribution in [0.1, 0.15) is 18.4 Å². The number of ether oxygens (including phenoxy) is 1. The average molecular weight is 251 g/mol. The highest BCUT2D eigenvalue weighted by Gasteiger charge is 2.15. The zero-order valence-corrected chi connectivity index (χ0v) is 10.5. The Balaban J connectivity index is 1.87. The number of nitrogens with one attached hydrogen (secondary N) is 1. The zero-order valence-electron chi connectivity index (χ0n) is 9.69. The van der Waals surface area contributed by atoms with Crippen molar-refractivity contribution in [3.8, 4) is 0 Å². The quantitative estimate of drug-likeness (QED) is 0.778. The van der Waals surface area contributed by atoms with Crippen molar-refractivity contribution in [3.05, 3.63) is 23.9 Å². The largest absolute Gasteiger partial charge is 0.389 e. The van der Waals surface area contributed by atoms with Crippen LogP contribution in [0.5, 0.6) is 0 Å². The molecule has 1 fully saturated rings. The van der Waals surface area contributed by atoms with Crippen molar-refractivity contribution in [2.45, 2.75) is 12.8 Å². The lowest BCUT2D eigenvalue weighted by atomic mass is 10.1. The van der Waals surface area contributed by atoms with Gasteiger partial charge in [-0.1, -0.05) is 12.2 Å². The van der Waals surface area contributed by atoms with Gasteiger partial charge in [0.05, 0.1) is 5.56 Å². The fourth-order valence-electron chi connectivity index (χ4n) is 1.95. The SMILES string of the molecule is NC(=S)c1cccnc1NCCC1CCOC1. The molecular formula is C12H17N3OS. The van der Waals surface area contributed by atoms with Crippen LogP contribution < -0.4 is 11.1 Å². The van der Waals surface area contributed by atoms with Crippen molar-refractivity contribution in [1.82, 2.24) is 4.98 Å². The molecule has 1 unspecified atom stereocenters. The van der Waals surface area contributed by atoms with E-state index in [1.165, 1.54) is 0 Å². The highest BCUT2D eigenvalue weighted by molar-refractivity contribution is 7.80. The Bertz CT molecular complexity index is 391. The standard InChI is InChI=1S/C12H17N3OS/c13-11(17)10-2-1-5-14-12(10)15-6-3-9-4-7-16-8-9/h1-2,5,9H,3-4,6-8H2,(H2,13,17)(H,14,15). The Morgan fingerprint density at radius 1 is 1.65 bits per heavy atom. The molecule has 5 heteroatoms. The summed E-state index contributed by atoms with van der Waals surface area (Å²) >= 11 is 4.99. The third kappa shape index (κ3) is 3.38. The summed E-state index contributed by atoms with van der Waals surface area (Å²) in [6.45, 7) is 2.65. The molecule has 2 rings (SSSR count). The molecule has 1 aromatic rings. The third-order valence-electron chi connectivity index (χ3n) is 2.94. The van der Waals surface area contributed by atoms with Gasteiger partial charge in [0.2, 0.25) is 0 Å². The number of hydrogen-bond acceptors (Lipinski definition) is 4. The second kappa shape index (κ2) is 5.93. The van der Waals surface area contributed by atoms with Gasteiger partial charge < -0.3 is 15.8 Å². The highest BCUT2D eigenvalue weighted by Crippen LogP contribution is 2.17. The molecule has 0 aromatic carbocycles. The first-order chi connectivity index (χ1) is 8.27. The van der Waals surface area contributed by atoms with E-state index in [-0.39, 0.29) is 0 Å². The fourth-order valence-corrected chi connectivity index (χ4v) is 2.12. The van der Waals surface area contributed by atoms with Gasteiger partial charge in [-0.3, -0.25) is 0 Å². The van der Waals surface area contributed by atoms with Crippen LogP contribution in [0, 0.1) is 5.92 Å². The van der Waals surface area contributed by atoms with Crippen molar-refractivity contribution in [2.24, 2.45) is 11.7 Å². The van der Waals surface area contributed by atoms with Crippen LogP contribution in [0.2, 0.25) is 0 Å². The number of rotatable bonds is 5. The van der Waals surface area contributed by atoms with Crippen LogP contribution in [-0.4, -0.2) is 29.7 Å². The monoisotopic (exact) mass is 251 g/mol. The molecule has 3 N–H and O–H groups in total. The smallest absolute Gasteiger partial charge is 0.136 e. The van der Waals surface area contributed by atoms with Gasteiger partial charge in [0.25, 0.3) is 0 Å². The molecule has 2 heterocycles. The summed E-state index contributed by atoms with van der Waals surface area (Å²) in [5.74, 6) is 1.44. The number of pyridine rings is 1. The molecule has 1 aliphatic rings. The van der Waals surface area contributed by atoms with E-state index >= 15 is 0 Å². The van der Waals surface area contributed by atoms with Gasteiger partial charge in [-0.25, -0.2) is 4.98 Å². The molecular weight excluding hydrogens is 234 g/mol.